The maximum absolute atomic E-state index is 9.90. The highest BCUT2D eigenvalue weighted by Crippen LogP contribution is 2.24. The summed E-state index contributed by atoms with van der Waals surface area (Å²) in [4.78, 5) is 26.6. The predicted molar refractivity (Wildman–Crippen MR) is 43.2 cm³/mol. The van der Waals surface area contributed by atoms with Crippen molar-refractivity contribution in [2.45, 2.75) is 6.42 Å². The van der Waals surface area contributed by atoms with Crippen molar-refractivity contribution in [3.8, 4) is 0 Å². The predicted octanol–water partition coefficient (Wildman–Crippen LogP) is -0.278. The van der Waals surface area contributed by atoms with Gasteiger partial charge in [-0.1, -0.05) is 6.08 Å². The Morgan fingerprint density at radius 3 is 2.58 bits per heavy atom. The van der Waals surface area contributed by atoms with Gasteiger partial charge in [0.15, 0.2) is 0 Å². The van der Waals surface area contributed by atoms with Crippen LogP contribution in [-0.4, -0.2) is 34.4 Å². The number of aliphatic hydroxyl groups is 1. The highest BCUT2D eigenvalue weighted by Gasteiger charge is 2.01. The van der Waals surface area contributed by atoms with E-state index in [1.54, 1.807) is 0 Å². The van der Waals surface area contributed by atoms with E-state index in [4.69, 9.17) is 14.9 Å². The van der Waals surface area contributed by atoms with Crippen molar-refractivity contribution in [1.82, 2.24) is 0 Å². The maximum atomic E-state index is 9.90. The van der Waals surface area contributed by atoms with Gasteiger partial charge < -0.3 is 24.2 Å². The van der Waals surface area contributed by atoms with E-state index in [2.05, 4.69) is 4.52 Å². The van der Waals surface area contributed by atoms with Gasteiger partial charge in [0.05, 0.1) is 13.2 Å². The van der Waals surface area contributed by atoms with Crippen molar-refractivity contribution in [2.75, 3.05) is 13.2 Å². The van der Waals surface area contributed by atoms with Gasteiger partial charge in [0.2, 0.25) is 0 Å². The third-order valence-corrected chi connectivity index (χ3v) is 1.43. The van der Waals surface area contributed by atoms with Crippen LogP contribution in [-0.2, 0) is 9.32 Å². The number of hydrogen-bond acceptors (Lipinski definition) is 5. The van der Waals surface area contributed by atoms with E-state index >= 15 is 0 Å². The normalized spacial score (nSPS) is 12.2. The molecule has 5 nitrogen and oxygen atoms in total. The highest BCUT2D eigenvalue weighted by atomic mass is 31.2. The number of aldehydes is 1. The smallest absolute Gasteiger partial charge is 0.327 e. The first-order chi connectivity index (χ1) is 5.70. The Morgan fingerprint density at radius 2 is 2.17 bits per heavy atom. The molecule has 3 N–H and O–H groups in total. The average molecular weight is 194 g/mol. The van der Waals surface area contributed by atoms with Gasteiger partial charge >= 0.3 is 8.60 Å². The number of carbonyl (C=O) groups excluding carboxylic acids is 1. The minimum absolute atomic E-state index is 0.0664. The van der Waals surface area contributed by atoms with Crippen LogP contribution in [0, 0.1) is 0 Å². The Hall–Kier alpha value is -0.320. The molecular formula is C6H11O5P. The Balaban J connectivity index is 3.73. The third kappa shape index (κ3) is 6.39. The zero-order valence-corrected chi connectivity index (χ0v) is 7.28. The third-order valence-electron chi connectivity index (χ3n) is 1.07. The summed E-state index contributed by atoms with van der Waals surface area (Å²) in [5.74, 6) is 0. The van der Waals surface area contributed by atoms with Gasteiger partial charge in [0.25, 0.3) is 0 Å². The monoisotopic (exact) mass is 194 g/mol. The summed E-state index contributed by atoms with van der Waals surface area (Å²) in [6, 6.07) is 0. The molecule has 0 aromatic carbocycles. The van der Waals surface area contributed by atoms with E-state index in [-0.39, 0.29) is 19.6 Å². The molecule has 0 aromatic heterocycles. The Labute approximate surface area is 71.3 Å². The highest BCUT2D eigenvalue weighted by molar-refractivity contribution is 7.39. The quantitative estimate of drug-likeness (QED) is 0.307. The van der Waals surface area contributed by atoms with Crippen LogP contribution in [0.4, 0.5) is 0 Å². The van der Waals surface area contributed by atoms with Gasteiger partial charge in [0.1, 0.15) is 6.29 Å². The summed E-state index contributed by atoms with van der Waals surface area (Å²) >= 11 is 0. The van der Waals surface area contributed by atoms with E-state index in [0.29, 0.717) is 11.9 Å². The van der Waals surface area contributed by atoms with Crippen molar-refractivity contribution in [3.63, 3.8) is 0 Å². The van der Waals surface area contributed by atoms with Crippen LogP contribution in [0.5, 0.6) is 0 Å². The average Bonchev–Trinajstić information content (AvgIpc) is 2.05. The molecule has 0 spiro atoms. The molecule has 0 aliphatic heterocycles. The van der Waals surface area contributed by atoms with Crippen molar-refractivity contribution < 1.29 is 24.2 Å². The van der Waals surface area contributed by atoms with Crippen molar-refractivity contribution >= 4 is 14.9 Å². The van der Waals surface area contributed by atoms with Gasteiger partial charge in [0, 0.05) is 6.42 Å². The summed E-state index contributed by atoms with van der Waals surface area (Å²) in [6.07, 6.45) is 2.34. The number of rotatable bonds is 6. The number of allylic oxidation sites excluding steroid dienone is 1. The van der Waals surface area contributed by atoms with Crippen LogP contribution < -0.4 is 0 Å². The van der Waals surface area contributed by atoms with E-state index in [1.165, 1.54) is 6.08 Å². The lowest BCUT2D eigenvalue weighted by Gasteiger charge is -2.04. The largest absolute Gasteiger partial charge is 0.392 e. The molecule has 0 fully saturated rings. The number of aliphatic hydroxyl groups excluding tert-OH is 1. The summed E-state index contributed by atoms with van der Waals surface area (Å²) in [6.45, 7) is -0.319. The summed E-state index contributed by atoms with van der Waals surface area (Å²) < 4.78 is 4.42. The van der Waals surface area contributed by atoms with Gasteiger partial charge in [-0.25, -0.2) is 0 Å². The van der Waals surface area contributed by atoms with Crippen LogP contribution in [0.2, 0.25) is 0 Å². The van der Waals surface area contributed by atoms with Gasteiger partial charge in [-0.15, -0.1) is 0 Å². The number of hydrogen-bond donors (Lipinski definition) is 3. The van der Waals surface area contributed by atoms with Gasteiger partial charge in [-0.05, 0) is 5.57 Å². The summed E-state index contributed by atoms with van der Waals surface area (Å²) in [5.41, 5.74) is 0.456. The van der Waals surface area contributed by atoms with Crippen LogP contribution in [0.25, 0.3) is 0 Å². The molecule has 70 valence electrons. The molecule has 0 heterocycles. The van der Waals surface area contributed by atoms with Crippen molar-refractivity contribution in [2.24, 2.45) is 0 Å². The molecule has 0 aromatic rings. The minimum Gasteiger partial charge on any atom is -0.392 e. The second-order valence-corrected chi connectivity index (χ2v) is 2.71. The Bertz CT molecular complexity index is 156. The molecule has 0 aliphatic carbocycles. The maximum Gasteiger partial charge on any atom is 0.327 e. The summed E-state index contributed by atoms with van der Waals surface area (Å²) in [7, 11) is -2.39. The van der Waals surface area contributed by atoms with Crippen LogP contribution in [0.1, 0.15) is 6.42 Å². The SMILES string of the molecule is O=CCC=C(CO)COP(O)O. The Morgan fingerprint density at radius 1 is 1.50 bits per heavy atom. The summed E-state index contributed by atoms with van der Waals surface area (Å²) in [5, 5.41) is 8.65. The lowest BCUT2D eigenvalue weighted by atomic mass is 10.2. The van der Waals surface area contributed by atoms with E-state index in [1.807, 2.05) is 0 Å². The first-order valence-electron chi connectivity index (χ1n) is 3.24. The van der Waals surface area contributed by atoms with E-state index in [9.17, 15) is 4.79 Å². The van der Waals surface area contributed by atoms with Gasteiger partial charge in [-0.2, -0.15) is 0 Å². The molecule has 0 aliphatic rings. The first-order valence-corrected chi connectivity index (χ1v) is 4.40. The first kappa shape index (κ1) is 11.7. The molecule has 0 unspecified atom stereocenters. The van der Waals surface area contributed by atoms with E-state index in [0.717, 1.165) is 0 Å². The second kappa shape index (κ2) is 7.34. The second-order valence-electron chi connectivity index (χ2n) is 1.95. The van der Waals surface area contributed by atoms with E-state index < -0.39 is 8.60 Å². The fourth-order valence-corrected chi connectivity index (χ4v) is 0.806. The zero-order chi connectivity index (χ0) is 9.40. The molecular weight excluding hydrogens is 183 g/mol. The zero-order valence-electron chi connectivity index (χ0n) is 6.38. The van der Waals surface area contributed by atoms with Crippen LogP contribution in [0.3, 0.4) is 0 Å². The van der Waals surface area contributed by atoms with Crippen molar-refractivity contribution in [3.05, 3.63) is 11.6 Å². The lowest BCUT2D eigenvalue weighted by Crippen LogP contribution is -1.99. The topological polar surface area (TPSA) is 87.0 Å². The van der Waals surface area contributed by atoms with Crippen LogP contribution >= 0.6 is 8.60 Å². The molecule has 6 heteroatoms. The molecule has 0 saturated carbocycles. The molecule has 0 saturated heterocycles. The fraction of sp³-hybridized carbons (Fsp3) is 0.500. The molecule has 0 rings (SSSR count). The van der Waals surface area contributed by atoms with Crippen LogP contribution in [0.15, 0.2) is 11.6 Å². The standard InChI is InChI=1S/C6H11O5P/c7-3-1-2-6(4-8)5-11-12(9)10/h2-3,8-10H,1,4-5H2. The molecule has 12 heavy (non-hydrogen) atoms. The molecule has 0 radical (unpaired) electrons. The number of carbonyl (C=O) groups is 1. The fourth-order valence-electron chi connectivity index (χ4n) is 0.525. The Kier molecular flexibility index (Phi) is 7.14. The molecule has 0 amide bonds. The van der Waals surface area contributed by atoms with Gasteiger partial charge in [-0.3, -0.25) is 0 Å². The minimum atomic E-state index is -2.39. The lowest BCUT2D eigenvalue weighted by molar-refractivity contribution is -0.107. The van der Waals surface area contributed by atoms with Crippen molar-refractivity contribution in [1.29, 1.82) is 0 Å². The molecule has 0 bridgehead atoms. The molecule has 0 atom stereocenters.